The van der Waals surface area contributed by atoms with Gasteiger partial charge in [0.1, 0.15) is 5.41 Å². The number of hydrogen-bond donors (Lipinski definition) is 1. The van der Waals surface area contributed by atoms with E-state index in [0.29, 0.717) is 12.8 Å². The van der Waals surface area contributed by atoms with Gasteiger partial charge in [-0.25, -0.2) is 4.79 Å². The largest absolute Gasteiger partial charge is 0.382 e. The number of carbonyl (C=O) groups excluding carboxylic acids is 3. The molecule has 114 valence electrons. The Morgan fingerprint density at radius 1 is 1.20 bits per heavy atom. The highest BCUT2D eigenvalue weighted by molar-refractivity contribution is 6.19. The first kappa shape index (κ1) is 16.6. The highest BCUT2D eigenvalue weighted by Gasteiger charge is 2.51. The summed E-state index contributed by atoms with van der Waals surface area (Å²) in [6, 6.07) is -0.698. The predicted molar refractivity (Wildman–Crippen MR) is 70.9 cm³/mol. The van der Waals surface area contributed by atoms with Crippen LogP contribution in [0.2, 0.25) is 0 Å². The number of amides is 4. The third kappa shape index (κ3) is 2.83. The molecule has 0 aliphatic carbocycles. The maximum atomic E-state index is 12.5. The van der Waals surface area contributed by atoms with Crippen molar-refractivity contribution in [3.05, 3.63) is 0 Å². The highest BCUT2D eigenvalue weighted by Crippen LogP contribution is 2.32. The van der Waals surface area contributed by atoms with Crippen LogP contribution in [0, 0.1) is 5.41 Å². The first-order valence-corrected chi connectivity index (χ1v) is 6.65. The van der Waals surface area contributed by atoms with Crippen LogP contribution in [0.25, 0.3) is 0 Å². The number of ether oxygens (including phenoxy) is 2. The maximum Gasteiger partial charge on any atom is 0.330 e. The lowest BCUT2D eigenvalue weighted by Gasteiger charge is -2.39. The molecule has 1 rings (SSSR count). The van der Waals surface area contributed by atoms with Crippen LogP contribution >= 0.6 is 0 Å². The minimum atomic E-state index is -1.17. The molecule has 20 heavy (non-hydrogen) atoms. The zero-order valence-electron chi connectivity index (χ0n) is 12.4. The van der Waals surface area contributed by atoms with Crippen molar-refractivity contribution in [2.45, 2.75) is 32.8 Å². The molecule has 0 saturated carbocycles. The second-order valence-electron chi connectivity index (χ2n) is 4.78. The third-order valence-electron chi connectivity index (χ3n) is 3.83. The number of barbiturate groups is 1. The SMILES string of the molecule is CCC1(CC)C(=O)NC(=O)N(CC(COC)OC)C1=O. The fraction of sp³-hybridized carbons (Fsp3) is 0.769. The lowest BCUT2D eigenvalue weighted by Crippen LogP contribution is -2.64. The van der Waals surface area contributed by atoms with Gasteiger partial charge in [-0.15, -0.1) is 0 Å². The Balaban J connectivity index is 2.98. The van der Waals surface area contributed by atoms with Crippen LogP contribution in [-0.4, -0.2) is 56.2 Å². The molecule has 0 bridgehead atoms. The van der Waals surface area contributed by atoms with E-state index in [1.165, 1.54) is 14.2 Å². The van der Waals surface area contributed by atoms with Crippen molar-refractivity contribution in [2.75, 3.05) is 27.4 Å². The minimum absolute atomic E-state index is 0.0596. The molecular formula is C13H22N2O5. The smallest absolute Gasteiger partial charge is 0.330 e. The van der Waals surface area contributed by atoms with Crippen LogP contribution in [0.4, 0.5) is 4.79 Å². The van der Waals surface area contributed by atoms with Crippen LogP contribution in [0.1, 0.15) is 26.7 Å². The molecule has 1 heterocycles. The van der Waals surface area contributed by atoms with Gasteiger partial charge in [0.2, 0.25) is 11.8 Å². The van der Waals surface area contributed by atoms with Crippen LogP contribution in [-0.2, 0) is 19.1 Å². The molecule has 1 fully saturated rings. The summed E-state index contributed by atoms with van der Waals surface area (Å²) in [5.41, 5.74) is -1.17. The van der Waals surface area contributed by atoms with Gasteiger partial charge in [0.05, 0.1) is 19.3 Å². The fourth-order valence-electron chi connectivity index (χ4n) is 2.36. The molecule has 7 heteroatoms. The highest BCUT2D eigenvalue weighted by atomic mass is 16.5. The third-order valence-corrected chi connectivity index (χ3v) is 3.83. The summed E-state index contributed by atoms with van der Waals surface area (Å²) in [6.07, 6.45) is 0.272. The Hall–Kier alpha value is -1.47. The van der Waals surface area contributed by atoms with E-state index >= 15 is 0 Å². The van der Waals surface area contributed by atoms with Gasteiger partial charge in [-0.05, 0) is 12.8 Å². The monoisotopic (exact) mass is 286 g/mol. The zero-order chi connectivity index (χ0) is 15.3. The average Bonchev–Trinajstić information content (AvgIpc) is 2.43. The van der Waals surface area contributed by atoms with Gasteiger partial charge in [-0.1, -0.05) is 13.8 Å². The first-order valence-electron chi connectivity index (χ1n) is 6.65. The molecule has 1 aliphatic heterocycles. The molecule has 0 aromatic heterocycles. The summed E-state index contributed by atoms with van der Waals surface area (Å²) in [6.45, 7) is 3.84. The normalized spacial score (nSPS) is 20.0. The lowest BCUT2D eigenvalue weighted by atomic mass is 9.78. The molecule has 1 atom stereocenters. The van der Waals surface area contributed by atoms with E-state index in [1.807, 2.05) is 0 Å². The standard InChI is InChI=1S/C13H22N2O5/c1-5-13(6-2)10(16)14-12(18)15(11(13)17)7-9(20-4)8-19-3/h9H,5-8H2,1-4H3,(H,14,16,18). The topological polar surface area (TPSA) is 84.9 Å². The minimum Gasteiger partial charge on any atom is -0.382 e. The maximum absolute atomic E-state index is 12.5. The predicted octanol–water partition coefficient (Wildman–Crippen LogP) is 0.533. The van der Waals surface area contributed by atoms with E-state index in [4.69, 9.17) is 9.47 Å². The number of rotatable bonds is 7. The van der Waals surface area contributed by atoms with E-state index in [-0.39, 0.29) is 13.2 Å². The molecular weight excluding hydrogens is 264 g/mol. The van der Waals surface area contributed by atoms with Crippen molar-refractivity contribution in [3.8, 4) is 0 Å². The Kier molecular flexibility index (Phi) is 5.64. The van der Waals surface area contributed by atoms with Crippen LogP contribution in [0.5, 0.6) is 0 Å². The van der Waals surface area contributed by atoms with Gasteiger partial charge in [-0.3, -0.25) is 19.8 Å². The van der Waals surface area contributed by atoms with E-state index in [2.05, 4.69) is 5.32 Å². The van der Waals surface area contributed by atoms with Crippen molar-refractivity contribution < 1.29 is 23.9 Å². The number of nitrogens with zero attached hydrogens (tertiary/aromatic N) is 1. The molecule has 4 amide bonds. The Labute approximate surface area is 118 Å². The van der Waals surface area contributed by atoms with Crippen molar-refractivity contribution in [1.82, 2.24) is 10.2 Å². The molecule has 1 unspecified atom stereocenters. The molecule has 0 aromatic carbocycles. The quantitative estimate of drug-likeness (QED) is 0.690. The van der Waals surface area contributed by atoms with Crippen molar-refractivity contribution in [2.24, 2.45) is 5.41 Å². The zero-order valence-corrected chi connectivity index (χ0v) is 12.4. The second kappa shape index (κ2) is 6.81. The van der Waals surface area contributed by atoms with Gasteiger partial charge in [0.25, 0.3) is 0 Å². The number of urea groups is 1. The van der Waals surface area contributed by atoms with E-state index < -0.39 is 29.4 Å². The van der Waals surface area contributed by atoms with Crippen LogP contribution in [0.3, 0.4) is 0 Å². The van der Waals surface area contributed by atoms with Gasteiger partial charge >= 0.3 is 6.03 Å². The van der Waals surface area contributed by atoms with Crippen LogP contribution in [0.15, 0.2) is 0 Å². The Morgan fingerprint density at radius 2 is 1.80 bits per heavy atom. The molecule has 0 radical (unpaired) electrons. The molecule has 1 N–H and O–H groups in total. The molecule has 7 nitrogen and oxygen atoms in total. The number of carbonyl (C=O) groups is 3. The van der Waals surface area contributed by atoms with Gasteiger partial charge in [-0.2, -0.15) is 0 Å². The molecule has 0 aromatic rings. The molecule has 0 spiro atoms. The van der Waals surface area contributed by atoms with Gasteiger partial charge in [0, 0.05) is 14.2 Å². The summed E-state index contributed by atoms with van der Waals surface area (Å²) in [5.74, 6) is -0.983. The van der Waals surface area contributed by atoms with Gasteiger partial charge in [0.15, 0.2) is 0 Å². The summed E-state index contributed by atoms with van der Waals surface area (Å²) < 4.78 is 10.1. The Bertz CT molecular complexity index is 392. The number of hydrogen-bond acceptors (Lipinski definition) is 5. The van der Waals surface area contributed by atoms with E-state index in [0.717, 1.165) is 4.90 Å². The average molecular weight is 286 g/mol. The van der Waals surface area contributed by atoms with E-state index in [1.54, 1.807) is 13.8 Å². The molecule has 1 aliphatic rings. The summed E-state index contributed by atoms with van der Waals surface area (Å²) in [4.78, 5) is 37.4. The number of methoxy groups -OCH3 is 2. The van der Waals surface area contributed by atoms with Crippen molar-refractivity contribution >= 4 is 17.8 Å². The second-order valence-corrected chi connectivity index (χ2v) is 4.78. The Morgan fingerprint density at radius 3 is 2.25 bits per heavy atom. The fourth-order valence-corrected chi connectivity index (χ4v) is 2.36. The van der Waals surface area contributed by atoms with Crippen LogP contribution < -0.4 is 5.32 Å². The van der Waals surface area contributed by atoms with E-state index in [9.17, 15) is 14.4 Å². The molecule has 1 saturated heterocycles. The summed E-state index contributed by atoms with van der Waals surface area (Å²) in [7, 11) is 2.99. The summed E-state index contributed by atoms with van der Waals surface area (Å²) in [5, 5.41) is 2.25. The summed E-state index contributed by atoms with van der Waals surface area (Å²) >= 11 is 0. The number of nitrogens with one attached hydrogen (secondary N) is 1. The van der Waals surface area contributed by atoms with Crippen molar-refractivity contribution in [3.63, 3.8) is 0 Å². The lowest BCUT2D eigenvalue weighted by molar-refractivity contribution is -0.153. The van der Waals surface area contributed by atoms with Gasteiger partial charge < -0.3 is 9.47 Å². The number of imide groups is 2. The first-order chi connectivity index (χ1) is 9.46. The van der Waals surface area contributed by atoms with Crippen molar-refractivity contribution in [1.29, 1.82) is 0 Å².